The summed E-state index contributed by atoms with van der Waals surface area (Å²) in [6, 6.07) is 8.15. The van der Waals surface area contributed by atoms with Crippen molar-refractivity contribution in [3.05, 3.63) is 68.3 Å². The zero-order valence-corrected chi connectivity index (χ0v) is 13.1. The van der Waals surface area contributed by atoms with Gasteiger partial charge in [0.2, 0.25) is 5.76 Å². The van der Waals surface area contributed by atoms with Gasteiger partial charge in [0.15, 0.2) is 11.0 Å². The van der Waals surface area contributed by atoms with E-state index in [1.54, 1.807) is 30.3 Å². The van der Waals surface area contributed by atoms with E-state index in [1.807, 2.05) is 0 Å². The van der Waals surface area contributed by atoms with Crippen LogP contribution in [0.5, 0.6) is 0 Å². The molecular formula is C16H8Cl2N2O3. The summed E-state index contributed by atoms with van der Waals surface area (Å²) in [5, 5.41) is 0.978. The SMILES string of the molecule is O=C1c2oc3c(Cl)cccc3c(=O)c2CN1c1ccc(Cl)nc1. The van der Waals surface area contributed by atoms with E-state index < -0.39 is 5.91 Å². The summed E-state index contributed by atoms with van der Waals surface area (Å²) in [7, 11) is 0. The van der Waals surface area contributed by atoms with Gasteiger partial charge in [0.1, 0.15) is 5.15 Å². The average molecular weight is 347 g/mol. The van der Waals surface area contributed by atoms with Crippen LogP contribution in [0.15, 0.2) is 45.7 Å². The third kappa shape index (κ3) is 2.12. The van der Waals surface area contributed by atoms with Crippen LogP contribution in [0.1, 0.15) is 16.1 Å². The molecule has 23 heavy (non-hydrogen) atoms. The van der Waals surface area contributed by atoms with Gasteiger partial charge in [-0.25, -0.2) is 4.98 Å². The topological polar surface area (TPSA) is 63.4 Å². The number of hydrogen-bond donors (Lipinski definition) is 0. The van der Waals surface area contributed by atoms with E-state index in [-0.39, 0.29) is 23.3 Å². The molecule has 0 saturated heterocycles. The van der Waals surface area contributed by atoms with Crippen LogP contribution in [0, 0.1) is 0 Å². The first-order valence-electron chi connectivity index (χ1n) is 6.74. The molecule has 0 N–H and O–H groups in total. The minimum Gasteiger partial charge on any atom is -0.449 e. The smallest absolute Gasteiger partial charge is 0.294 e. The van der Waals surface area contributed by atoms with E-state index in [2.05, 4.69) is 4.98 Å². The molecule has 0 bridgehead atoms. The number of amides is 1. The lowest BCUT2D eigenvalue weighted by atomic mass is 10.1. The highest BCUT2D eigenvalue weighted by Crippen LogP contribution is 2.31. The van der Waals surface area contributed by atoms with Crippen LogP contribution >= 0.6 is 23.2 Å². The summed E-state index contributed by atoms with van der Waals surface area (Å²) < 4.78 is 5.63. The number of benzene rings is 1. The van der Waals surface area contributed by atoms with Crippen molar-refractivity contribution in [2.75, 3.05) is 4.90 Å². The lowest BCUT2D eigenvalue weighted by molar-refractivity contribution is 0.0973. The third-order valence-electron chi connectivity index (χ3n) is 3.74. The highest BCUT2D eigenvalue weighted by molar-refractivity contribution is 6.34. The molecule has 1 aliphatic heterocycles. The number of pyridine rings is 1. The Hall–Kier alpha value is -2.37. The Morgan fingerprint density at radius 3 is 2.70 bits per heavy atom. The second-order valence-corrected chi connectivity index (χ2v) is 5.88. The van der Waals surface area contributed by atoms with Crippen LogP contribution < -0.4 is 10.3 Å². The number of fused-ring (bicyclic) bond motifs is 2. The van der Waals surface area contributed by atoms with Crippen LogP contribution in [0.2, 0.25) is 10.2 Å². The monoisotopic (exact) mass is 346 g/mol. The predicted molar refractivity (Wildman–Crippen MR) is 87.3 cm³/mol. The zero-order chi connectivity index (χ0) is 16.1. The van der Waals surface area contributed by atoms with Gasteiger partial charge in [-0.2, -0.15) is 0 Å². The standard InChI is InChI=1S/C16H8Cl2N2O3/c17-11-3-1-2-9-13(21)10-7-20(8-4-5-12(18)19-6-8)16(22)15(10)23-14(9)11/h1-6H,7H2. The fourth-order valence-electron chi connectivity index (χ4n) is 2.63. The van der Waals surface area contributed by atoms with E-state index in [1.165, 1.54) is 11.1 Å². The van der Waals surface area contributed by atoms with Crippen molar-refractivity contribution in [1.82, 2.24) is 4.98 Å². The summed E-state index contributed by atoms with van der Waals surface area (Å²) in [5.41, 5.74) is 0.837. The molecule has 7 heteroatoms. The maximum atomic E-state index is 12.6. The highest BCUT2D eigenvalue weighted by atomic mass is 35.5. The minimum absolute atomic E-state index is 0.0190. The van der Waals surface area contributed by atoms with Gasteiger partial charge in [-0.1, -0.05) is 29.3 Å². The van der Waals surface area contributed by atoms with Crippen molar-refractivity contribution in [1.29, 1.82) is 0 Å². The van der Waals surface area contributed by atoms with E-state index in [0.29, 0.717) is 26.8 Å². The quantitative estimate of drug-likeness (QED) is 0.631. The fourth-order valence-corrected chi connectivity index (χ4v) is 2.95. The third-order valence-corrected chi connectivity index (χ3v) is 4.26. The molecule has 0 atom stereocenters. The Kier molecular flexibility index (Phi) is 3.14. The molecule has 5 nitrogen and oxygen atoms in total. The number of carbonyl (C=O) groups excluding carboxylic acids is 1. The summed E-state index contributed by atoms with van der Waals surface area (Å²) in [5.74, 6) is -0.381. The second-order valence-electron chi connectivity index (χ2n) is 5.09. The van der Waals surface area contributed by atoms with Crippen molar-refractivity contribution < 1.29 is 9.21 Å². The minimum atomic E-state index is -0.400. The van der Waals surface area contributed by atoms with Crippen LogP contribution in [-0.4, -0.2) is 10.9 Å². The molecule has 0 spiro atoms. The summed E-state index contributed by atoms with van der Waals surface area (Å²) >= 11 is 11.8. The summed E-state index contributed by atoms with van der Waals surface area (Å²) in [6.07, 6.45) is 1.48. The van der Waals surface area contributed by atoms with Crippen molar-refractivity contribution in [3.8, 4) is 0 Å². The zero-order valence-electron chi connectivity index (χ0n) is 11.5. The van der Waals surface area contributed by atoms with Gasteiger partial charge in [-0.3, -0.25) is 14.5 Å². The fraction of sp³-hybridized carbons (Fsp3) is 0.0625. The molecule has 1 aromatic carbocycles. The van der Waals surface area contributed by atoms with E-state index in [9.17, 15) is 9.59 Å². The van der Waals surface area contributed by atoms with Crippen LogP contribution in [-0.2, 0) is 6.54 Å². The summed E-state index contributed by atoms with van der Waals surface area (Å²) in [4.78, 5) is 30.6. The van der Waals surface area contributed by atoms with Gasteiger partial charge in [0, 0.05) is 0 Å². The van der Waals surface area contributed by atoms with E-state index >= 15 is 0 Å². The molecule has 1 aliphatic rings. The van der Waals surface area contributed by atoms with Crippen molar-refractivity contribution in [3.63, 3.8) is 0 Å². The maximum absolute atomic E-state index is 12.6. The average Bonchev–Trinajstić information content (AvgIpc) is 2.87. The molecule has 3 heterocycles. The number of halogens is 2. The molecule has 0 aliphatic carbocycles. The second kappa shape index (κ2) is 5.08. The first-order chi connectivity index (χ1) is 11.1. The number of hydrogen-bond acceptors (Lipinski definition) is 4. The maximum Gasteiger partial charge on any atom is 0.294 e. The summed E-state index contributed by atoms with van der Waals surface area (Å²) in [6.45, 7) is 0.127. The molecule has 1 amide bonds. The van der Waals surface area contributed by atoms with Gasteiger partial charge in [0.05, 0.1) is 34.4 Å². The number of aromatic nitrogens is 1. The van der Waals surface area contributed by atoms with Crippen LogP contribution in [0.4, 0.5) is 5.69 Å². The Bertz CT molecular complexity index is 1010. The Balaban J connectivity index is 1.90. The molecule has 0 saturated carbocycles. The van der Waals surface area contributed by atoms with Gasteiger partial charge >= 0.3 is 0 Å². The Morgan fingerprint density at radius 1 is 1.13 bits per heavy atom. The van der Waals surface area contributed by atoms with Crippen molar-refractivity contribution in [2.24, 2.45) is 0 Å². The molecule has 0 fully saturated rings. The molecule has 114 valence electrons. The van der Waals surface area contributed by atoms with Crippen LogP contribution in [0.3, 0.4) is 0 Å². The molecule has 0 radical (unpaired) electrons. The van der Waals surface area contributed by atoms with Gasteiger partial charge in [-0.05, 0) is 24.3 Å². The Labute approximate surface area is 140 Å². The molecule has 4 rings (SSSR count). The molecule has 2 aromatic heterocycles. The normalized spacial score (nSPS) is 13.7. The molecular weight excluding hydrogens is 339 g/mol. The number of anilines is 1. The first kappa shape index (κ1) is 14.2. The lowest BCUT2D eigenvalue weighted by Crippen LogP contribution is -2.23. The lowest BCUT2D eigenvalue weighted by Gasteiger charge is -2.14. The Morgan fingerprint density at radius 2 is 1.96 bits per heavy atom. The molecule has 0 unspecified atom stereocenters. The van der Waals surface area contributed by atoms with E-state index in [0.717, 1.165) is 0 Å². The number of nitrogens with zero attached hydrogens (tertiary/aromatic N) is 2. The highest BCUT2D eigenvalue weighted by Gasteiger charge is 2.34. The first-order valence-corrected chi connectivity index (χ1v) is 7.49. The number of rotatable bonds is 1. The molecule has 3 aromatic rings. The predicted octanol–water partition coefficient (Wildman–Crippen LogP) is 3.66. The number of carbonyl (C=O) groups is 1. The van der Waals surface area contributed by atoms with Crippen LogP contribution in [0.25, 0.3) is 11.0 Å². The largest absolute Gasteiger partial charge is 0.449 e. The van der Waals surface area contributed by atoms with Crippen molar-refractivity contribution >= 4 is 45.8 Å². The van der Waals surface area contributed by atoms with Crippen molar-refractivity contribution in [2.45, 2.75) is 6.54 Å². The number of para-hydroxylation sites is 1. The van der Waals surface area contributed by atoms with Gasteiger partial charge in [-0.15, -0.1) is 0 Å². The van der Waals surface area contributed by atoms with Gasteiger partial charge in [0.25, 0.3) is 5.91 Å². The van der Waals surface area contributed by atoms with Gasteiger partial charge < -0.3 is 4.42 Å². The van der Waals surface area contributed by atoms with E-state index in [4.69, 9.17) is 27.6 Å².